The average Bonchev–Trinajstić information content (AvgIpc) is 2.46. The number of hydrogen-bond acceptors (Lipinski definition) is 5. The number of nitrogens with one attached hydrogen (secondary N) is 1. The molecule has 1 heterocycles. The second kappa shape index (κ2) is 10.5. The van der Waals surface area contributed by atoms with Gasteiger partial charge in [-0.25, -0.2) is 9.37 Å². The zero-order valence-electron chi connectivity index (χ0n) is 13.0. The minimum absolute atomic E-state index is 0.0509. The molecule has 0 aromatic carbocycles. The Kier molecular flexibility index (Phi) is 8.89. The number of hydrogen-bond donors (Lipinski definition) is 1. The fourth-order valence-electron chi connectivity index (χ4n) is 1.59. The highest BCUT2D eigenvalue weighted by Crippen LogP contribution is 2.17. The van der Waals surface area contributed by atoms with Crippen molar-refractivity contribution in [3.05, 3.63) is 23.6 Å². The Bertz CT molecular complexity index is 403. The van der Waals surface area contributed by atoms with Gasteiger partial charge in [0.05, 0.1) is 19.8 Å². The van der Waals surface area contributed by atoms with E-state index in [0.29, 0.717) is 51.0 Å². The van der Waals surface area contributed by atoms with Crippen molar-refractivity contribution in [3.63, 3.8) is 0 Å². The van der Waals surface area contributed by atoms with Crippen molar-refractivity contribution in [2.24, 2.45) is 0 Å². The summed E-state index contributed by atoms with van der Waals surface area (Å²) in [6, 6.07) is 1.96. The van der Waals surface area contributed by atoms with Crippen molar-refractivity contribution in [1.82, 2.24) is 10.3 Å². The quantitative estimate of drug-likeness (QED) is 0.635. The van der Waals surface area contributed by atoms with Crippen LogP contribution in [0, 0.1) is 5.82 Å². The van der Waals surface area contributed by atoms with Crippen LogP contribution in [0.25, 0.3) is 0 Å². The van der Waals surface area contributed by atoms with Gasteiger partial charge in [0.25, 0.3) is 5.88 Å². The van der Waals surface area contributed by atoms with Crippen molar-refractivity contribution in [1.29, 1.82) is 0 Å². The SMILES string of the molecule is COCCOCCCOc1nccc(CNC(C)C)c1F. The highest BCUT2D eigenvalue weighted by molar-refractivity contribution is 5.23. The molecule has 5 nitrogen and oxygen atoms in total. The maximum absolute atomic E-state index is 14.1. The third kappa shape index (κ3) is 7.36. The third-order valence-corrected chi connectivity index (χ3v) is 2.74. The predicted molar refractivity (Wildman–Crippen MR) is 79.0 cm³/mol. The normalized spacial score (nSPS) is 11.1. The van der Waals surface area contributed by atoms with Crippen molar-refractivity contribution >= 4 is 0 Å². The second-order valence-corrected chi connectivity index (χ2v) is 4.93. The molecule has 1 aromatic rings. The first-order chi connectivity index (χ1) is 10.1. The molecule has 0 saturated carbocycles. The molecule has 0 unspecified atom stereocenters. The van der Waals surface area contributed by atoms with E-state index in [9.17, 15) is 4.39 Å². The van der Waals surface area contributed by atoms with Gasteiger partial charge in [0.1, 0.15) is 0 Å². The Morgan fingerprint density at radius 2 is 2.05 bits per heavy atom. The molecule has 0 saturated heterocycles. The standard InChI is InChI=1S/C15H25FN2O3/c1-12(2)18-11-13-5-6-17-15(14(13)16)21-8-4-7-20-10-9-19-3/h5-6,12,18H,4,7-11H2,1-3H3. The maximum Gasteiger partial charge on any atom is 0.250 e. The predicted octanol–water partition coefficient (Wildman–Crippen LogP) is 2.15. The number of pyridine rings is 1. The Morgan fingerprint density at radius 1 is 1.24 bits per heavy atom. The molecule has 0 spiro atoms. The van der Waals surface area contributed by atoms with Crippen molar-refractivity contribution < 1.29 is 18.6 Å². The summed E-state index contributed by atoms with van der Waals surface area (Å²) in [6.45, 7) is 6.54. The highest BCUT2D eigenvalue weighted by Gasteiger charge is 2.10. The van der Waals surface area contributed by atoms with Gasteiger partial charge in [-0.3, -0.25) is 0 Å². The lowest BCUT2D eigenvalue weighted by molar-refractivity contribution is 0.0639. The van der Waals surface area contributed by atoms with Crippen LogP contribution < -0.4 is 10.1 Å². The van der Waals surface area contributed by atoms with Crippen molar-refractivity contribution in [2.45, 2.75) is 32.9 Å². The lowest BCUT2D eigenvalue weighted by atomic mass is 10.2. The van der Waals surface area contributed by atoms with Crippen LogP contribution in [-0.2, 0) is 16.0 Å². The molecule has 0 amide bonds. The van der Waals surface area contributed by atoms with E-state index < -0.39 is 5.82 Å². The molecule has 0 bridgehead atoms. The van der Waals surface area contributed by atoms with E-state index in [0.717, 1.165) is 0 Å². The summed E-state index contributed by atoms with van der Waals surface area (Å²) in [7, 11) is 1.63. The summed E-state index contributed by atoms with van der Waals surface area (Å²) in [5.41, 5.74) is 0.560. The molecule has 0 aliphatic rings. The van der Waals surface area contributed by atoms with Gasteiger partial charge in [-0.05, 0) is 6.07 Å². The topological polar surface area (TPSA) is 52.6 Å². The summed E-state index contributed by atoms with van der Waals surface area (Å²) in [6.07, 6.45) is 2.24. The number of halogens is 1. The number of aromatic nitrogens is 1. The molecular formula is C15H25FN2O3. The largest absolute Gasteiger partial charge is 0.475 e. The van der Waals surface area contributed by atoms with E-state index in [-0.39, 0.29) is 5.88 Å². The first kappa shape index (κ1) is 17.8. The van der Waals surface area contributed by atoms with Crippen molar-refractivity contribution in [3.8, 4) is 5.88 Å². The second-order valence-electron chi connectivity index (χ2n) is 4.93. The fourth-order valence-corrected chi connectivity index (χ4v) is 1.59. The number of ether oxygens (including phenoxy) is 3. The Balaban J connectivity index is 2.32. The molecule has 1 aromatic heterocycles. The van der Waals surface area contributed by atoms with Gasteiger partial charge in [-0.2, -0.15) is 0 Å². The molecule has 0 aliphatic heterocycles. The van der Waals surface area contributed by atoms with Crippen LogP contribution in [0.4, 0.5) is 4.39 Å². The Hall–Kier alpha value is -1.24. The summed E-state index contributed by atoms with van der Waals surface area (Å²) in [5.74, 6) is -0.346. The molecule has 120 valence electrons. The number of rotatable bonds is 11. The molecule has 0 aliphatic carbocycles. The molecule has 0 radical (unpaired) electrons. The monoisotopic (exact) mass is 300 g/mol. The number of nitrogens with zero attached hydrogens (tertiary/aromatic N) is 1. The zero-order chi connectivity index (χ0) is 15.5. The maximum atomic E-state index is 14.1. The van der Waals surface area contributed by atoms with Crippen molar-refractivity contribution in [2.75, 3.05) is 33.5 Å². The lowest BCUT2D eigenvalue weighted by Crippen LogP contribution is -2.22. The van der Waals surface area contributed by atoms with Crippen LogP contribution in [0.1, 0.15) is 25.8 Å². The summed E-state index contributed by atoms with van der Waals surface area (Å²) >= 11 is 0. The van der Waals surface area contributed by atoms with Gasteiger partial charge in [0, 0.05) is 44.5 Å². The van der Waals surface area contributed by atoms with Crippen LogP contribution in [0.2, 0.25) is 0 Å². The van der Waals surface area contributed by atoms with Crippen LogP contribution >= 0.6 is 0 Å². The van der Waals surface area contributed by atoms with Gasteiger partial charge in [0.15, 0.2) is 5.82 Å². The molecular weight excluding hydrogens is 275 g/mol. The summed E-state index contributed by atoms with van der Waals surface area (Å²) in [4.78, 5) is 3.93. The molecule has 21 heavy (non-hydrogen) atoms. The fraction of sp³-hybridized carbons (Fsp3) is 0.667. The molecule has 6 heteroatoms. The molecule has 1 N–H and O–H groups in total. The molecule has 0 atom stereocenters. The van der Waals surface area contributed by atoms with E-state index in [1.54, 1.807) is 19.4 Å². The van der Waals surface area contributed by atoms with E-state index in [2.05, 4.69) is 10.3 Å². The van der Waals surface area contributed by atoms with Gasteiger partial charge in [0.2, 0.25) is 0 Å². The average molecular weight is 300 g/mol. The minimum atomic E-state index is -0.397. The van der Waals surface area contributed by atoms with Crippen LogP contribution in [0.3, 0.4) is 0 Å². The molecule has 1 rings (SSSR count). The van der Waals surface area contributed by atoms with Gasteiger partial charge in [-0.1, -0.05) is 13.8 Å². The first-order valence-electron chi connectivity index (χ1n) is 7.21. The minimum Gasteiger partial charge on any atom is -0.475 e. The highest BCUT2D eigenvalue weighted by atomic mass is 19.1. The summed E-state index contributed by atoms with van der Waals surface area (Å²) < 4.78 is 29.7. The van der Waals surface area contributed by atoms with E-state index in [4.69, 9.17) is 14.2 Å². The van der Waals surface area contributed by atoms with Crippen LogP contribution in [-0.4, -0.2) is 44.6 Å². The van der Waals surface area contributed by atoms with Gasteiger partial charge >= 0.3 is 0 Å². The smallest absolute Gasteiger partial charge is 0.250 e. The molecule has 0 fully saturated rings. The van der Waals surface area contributed by atoms with E-state index >= 15 is 0 Å². The number of methoxy groups -OCH3 is 1. The van der Waals surface area contributed by atoms with Gasteiger partial charge < -0.3 is 19.5 Å². The van der Waals surface area contributed by atoms with E-state index in [1.807, 2.05) is 13.8 Å². The zero-order valence-corrected chi connectivity index (χ0v) is 13.0. The van der Waals surface area contributed by atoms with Crippen LogP contribution in [0.15, 0.2) is 12.3 Å². The third-order valence-electron chi connectivity index (χ3n) is 2.74. The van der Waals surface area contributed by atoms with Crippen LogP contribution in [0.5, 0.6) is 5.88 Å². The Morgan fingerprint density at radius 3 is 2.76 bits per heavy atom. The lowest BCUT2D eigenvalue weighted by Gasteiger charge is -2.11. The summed E-state index contributed by atoms with van der Waals surface area (Å²) in [5, 5.41) is 3.17. The van der Waals surface area contributed by atoms with E-state index in [1.165, 1.54) is 0 Å². The first-order valence-corrected chi connectivity index (χ1v) is 7.21. The van der Waals surface area contributed by atoms with Gasteiger partial charge in [-0.15, -0.1) is 0 Å². The Labute approximate surface area is 125 Å².